The zero-order valence-electron chi connectivity index (χ0n) is 12.6. The van der Waals surface area contributed by atoms with Crippen molar-refractivity contribution in [3.8, 4) is 0 Å². The van der Waals surface area contributed by atoms with Crippen LogP contribution in [0.25, 0.3) is 10.8 Å². The molecule has 1 aromatic heterocycles. The first-order valence-corrected chi connectivity index (χ1v) is 7.58. The first-order chi connectivity index (χ1) is 11.3. The molecule has 0 spiro atoms. The van der Waals surface area contributed by atoms with Crippen molar-refractivity contribution in [1.29, 1.82) is 0 Å². The van der Waals surface area contributed by atoms with Crippen LogP contribution in [0.1, 0.15) is 16.8 Å². The Morgan fingerprint density at radius 2 is 2.00 bits per heavy atom. The van der Waals surface area contributed by atoms with Gasteiger partial charge in [-0.25, -0.2) is 14.8 Å². The normalized spacial score (nSPS) is 13.1. The van der Waals surface area contributed by atoms with Crippen molar-refractivity contribution in [2.45, 2.75) is 19.6 Å². The Hall–Kier alpha value is -2.95. The molecule has 2 heterocycles. The van der Waals surface area contributed by atoms with Gasteiger partial charge in [0.05, 0.1) is 18.8 Å². The zero-order valence-corrected chi connectivity index (χ0v) is 12.6. The first kappa shape index (κ1) is 13.7. The third kappa shape index (κ3) is 2.61. The molecule has 2 amide bonds. The molecule has 5 heteroatoms. The summed E-state index contributed by atoms with van der Waals surface area (Å²) in [6.45, 7) is 1.62. The predicted octanol–water partition coefficient (Wildman–Crippen LogP) is 2.86. The van der Waals surface area contributed by atoms with Crippen molar-refractivity contribution < 1.29 is 4.79 Å². The molecule has 3 aromatic rings. The summed E-state index contributed by atoms with van der Waals surface area (Å²) < 4.78 is 0. The molecule has 0 radical (unpaired) electrons. The highest BCUT2D eigenvalue weighted by Crippen LogP contribution is 2.20. The maximum absolute atomic E-state index is 12.4. The molecule has 1 aliphatic heterocycles. The van der Waals surface area contributed by atoms with Gasteiger partial charge in [-0.05, 0) is 16.3 Å². The number of carbonyl (C=O) groups is 1. The Balaban J connectivity index is 1.46. The lowest BCUT2D eigenvalue weighted by Crippen LogP contribution is -2.36. The minimum absolute atomic E-state index is 0.0732. The topological polar surface area (TPSA) is 58.1 Å². The van der Waals surface area contributed by atoms with Gasteiger partial charge in [0.1, 0.15) is 6.33 Å². The molecule has 0 unspecified atom stereocenters. The summed E-state index contributed by atoms with van der Waals surface area (Å²) in [6.07, 6.45) is 3.30. The lowest BCUT2D eigenvalue weighted by atomic mass is 10.0. The number of hydrogen-bond acceptors (Lipinski definition) is 3. The number of carbonyl (C=O) groups excluding carboxylic acids is 1. The second-order valence-corrected chi connectivity index (χ2v) is 5.65. The second-order valence-electron chi connectivity index (χ2n) is 5.65. The Kier molecular flexibility index (Phi) is 3.38. The van der Waals surface area contributed by atoms with E-state index in [1.165, 1.54) is 17.1 Å². The molecule has 2 aromatic carbocycles. The monoisotopic (exact) mass is 304 g/mol. The van der Waals surface area contributed by atoms with Crippen molar-refractivity contribution >= 4 is 16.8 Å². The maximum atomic E-state index is 12.4. The lowest BCUT2D eigenvalue weighted by Gasteiger charge is -2.16. The van der Waals surface area contributed by atoms with Gasteiger partial charge in [0.15, 0.2) is 0 Å². The highest BCUT2D eigenvalue weighted by atomic mass is 16.2. The molecule has 4 rings (SSSR count). The standard InChI is InChI=1S/C18H16N4O/c23-18(22-10-15-8-19-12-21-17(15)11-22)20-9-14-6-3-5-13-4-1-2-7-16(13)14/h1-8,12H,9-11H2,(H,20,23). The van der Waals surface area contributed by atoms with Crippen LogP contribution in [-0.4, -0.2) is 20.9 Å². The minimum atomic E-state index is -0.0732. The summed E-state index contributed by atoms with van der Waals surface area (Å²) in [5, 5.41) is 5.36. The smallest absolute Gasteiger partial charge is 0.318 e. The molecule has 0 fully saturated rings. The Labute approximate surface area is 134 Å². The van der Waals surface area contributed by atoms with E-state index in [1.54, 1.807) is 11.1 Å². The van der Waals surface area contributed by atoms with Crippen LogP contribution in [0.4, 0.5) is 4.79 Å². The number of rotatable bonds is 2. The molecule has 114 valence electrons. The predicted molar refractivity (Wildman–Crippen MR) is 87.5 cm³/mol. The SMILES string of the molecule is O=C(NCc1cccc2ccccc12)N1Cc2cncnc2C1. The number of aromatic nitrogens is 2. The summed E-state index contributed by atoms with van der Waals surface area (Å²) in [5.41, 5.74) is 3.07. The van der Waals surface area contributed by atoms with Crippen molar-refractivity contribution in [3.05, 3.63) is 71.8 Å². The third-order valence-corrected chi connectivity index (χ3v) is 4.18. The van der Waals surface area contributed by atoms with Crippen molar-refractivity contribution in [2.24, 2.45) is 0 Å². The van der Waals surface area contributed by atoms with Crippen LogP contribution in [0.2, 0.25) is 0 Å². The van der Waals surface area contributed by atoms with Crippen LogP contribution in [0, 0.1) is 0 Å². The van der Waals surface area contributed by atoms with Crippen LogP contribution in [-0.2, 0) is 19.6 Å². The fourth-order valence-electron chi connectivity index (χ4n) is 2.97. The molecule has 0 aliphatic carbocycles. The van der Waals surface area contributed by atoms with Gasteiger partial charge in [0.25, 0.3) is 0 Å². The second kappa shape index (κ2) is 5.68. The van der Waals surface area contributed by atoms with Crippen LogP contribution in [0.5, 0.6) is 0 Å². The van der Waals surface area contributed by atoms with Gasteiger partial charge in [-0.15, -0.1) is 0 Å². The number of urea groups is 1. The summed E-state index contributed by atoms with van der Waals surface area (Å²) in [7, 11) is 0. The fourth-order valence-corrected chi connectivity index (χ4v) is 2.97. The summed E-state index contributed by atoms with van der Waals surface area (Å²) in [4.78, 5) is 22.4. The maximum Gasteiger partial charge on any atom is 0.318 e. The van der Waals surface area contributed by atoms with E-state index in [-0.39, 0.29) is 6.03 Å². The van der Waals surface area contributed by atoms with Gasteiger partial charge < -0.3 is 10.2 Å². The Bertz CT molecular complexity index is 847. The van der Waals surface area contributed by atoms with Crippen LogP contribution in [0.3, 0.4) is 0 Å². The van der Waals surface area contributed by atoms with E-state index >= 15 is 0 Å². The van der Waals surface area contributed by atoms with E-state index in [4.69, 9.17) is 0 Å². The number of fused-ring (bicyclic) bond motifs is 2. The third-order valence-electron chi connectivity index (χ3n) is 4.18. The van der Waals surface area contributed by atoms with Gasteiger partial charge >= 0.3 is 6.03 Å². The van der Waals surface area contributed by atoms with E-state index in [9.17, 15) is 4.79 Å². The van der Waals surface area contributed by atoms with E-state index in [0.29, 0.717) is 19.6 Å². The lowest BCUT2D eigenvalue weighted by molar-refractivity contribution is 0.198. The first-order valence-electron chi connectivity index (χ1n) is 7.58. The molecular weight excluding hydrogens is 288 g/mol. The number of benzene rings is 2. The van der Waals surface area contributed by atoms with E-state index in [1.807, 2.05) is 24.3 Å². The number of nitrogens with one attached hydrogen (secondary N) is 1. The van der Waals surface area contributed by atoms with Crippen LogP contribution < -0.4 is 5.32 Å². The molecular formula is C18H16N4O. The summed E-state index contributed by atoms with van der Waals surface area (Å²) in [6, 6.07) is 14.3. The molecule has 23 heavy (non-hydrogen) atoms. The molecule has 1 aliphatic rings. The highest BCUT2D eigenvalue weighted by molar-refractivity contribution is 5.86. The van der Waals surface area contributed by atoms with Gasteiger partial charge in [-0.2, -0.15) is 0 Å². The quantitative estimate of drug-likeness (QED) is 0.792. The average Bonchev–Trinajstić information content (AvgIpc) is 3.04. The average molecular weight is 304 g/mol. The van der Waals surface area contributed by atoms with E-state index in [2.05, 4.69) is 33.5 Å². The zero-order chi connectivity index (χ0) is 15.6. The van der Waals surface area contributed by atoms with E-state index < -0.39 is 0 Å². The van der Waals surface area contributed by atoms with Crippen molar-refractivity contribution in [2.75, 3.05) is 0 Å². The Morgan fingerprint density at radius 1 is 1.13 bits per heavy atom. The molecule has 0 atom stereocenters. The van der Waals surface area contributed by atoms with E-state index in [0.717, 1.165) is 16.8 Å². The van der Waals surface area contributed by atoms with Crippen molar-refractivity contribution in [3.63, 3.8) is 0 Å². The summed E-state index contributed by atoms with van der Waals surface area (Å²) >= 11 is 0. The van der Waals surface area contributed by atoms with Crippen LogP contribution >= 0.6 is 0 Å². The fraction of sp³-hybridized carbons (Fsp3) is 0.167. The largest absolute Gasteiger partial charge is 0.334 e. The van der Waals surface area contributed by atoms with Gasteiger partial charge in [0, 0.05) is 18.3 Å². The van der Waals surface area contributed by atoms with Gasteiger partial charge in [-0.3, -0.25) is 0 Å². The van der Waals surface area contributed by atoms with Gasteiger partial charge in [0.2, 0.25) is 0 Å². The molecule has 0 saturated heterocycles. The molecule has 0 bridgehead atoms. The molecule has 1 N–H and O–H groups in total. The number of hydrogen-bond donors (Lipinski definition) is 1. The number of amides is 2. The van der Waals surface area contributed by atoms with Crippen molar-refractivity contribution in [1.82, 2.24) is 20.2 Å². The molecule has 0 saturated carbocycles. The Morgan fingerprint density at radius 3 is 2.91 bits per heavy atom. The van der Waals surface area contributed by atoms with Gasteiger partial charge in [-0.1, -0.05) is 42.5 Å². The molecule has 5 nitrogen and oxygen atoms in total. The minimum Gasteiger partial charge on any atom is -0.334 e. The summed E-state index contributed by atoms with van der Waals surface area (Å²) in [5.74, 6) is 0. The van der Waals surface area contributed by atoms with Crippen LogP contribution in [0.15, 0.2) is 55.0 Å². The number of nitrogens with zero attached hydrogens (tertiary/aromatic N) is 3. The highest BCUT2D eigenvalue weighted by Gasteiger charge is 2.24.